The molecule has 1 N–H and O–H groups in total. The highest BCUT2D eigenvalue weighted by Gasteiger charge is 2.21. The Morgan fingerprint density at radius 1 is 1.26 bits per heavy atom. The summed E-state index contributed by atoms with van der Waals surface area (Å²) >= 11 is 0. The van der Waals surface area contributed by atoms with E-state index in [0.717, 1.165) is 37.7 Å². The van der Waals surface area contributed by atoms with E-state index in [1.54, 1.807) is 0 Å². The summed E-state index contributed by atoms with van der Waals surface area (Å²) in [5.74, 6) is -0.0655. The number of carbonyl (C=O) groups excluding carboxylic acids is 2. The molecule has 0 heterocycles. The molecule has 0 radical (unpaired) electrons. The summed E-state index contributed by atoms with van der Waals surface area (Å²) in [5.41, 5.74) is 1.10. The van der Waals surface area contributed by atoms with E-state index in [-0.39, 0.29) is 24.2 Å². The molecule has 0 aromatic carbocycles. The van der Waals surface area contributed by atoms with E-state index < -0.39 is 0 Å². The number of unbranched alkanes of at least 4 members (excludes halogenated alkanes) is 4. The number of amides is 1. The first-order valence-corrected chi connectivity index (χ1v) is 7.62. The fraction of sp³-hybridized carbons (Fsp3) is 0.750. The van der Waals surface area contributed by atoms with E-state index in [9.17, 15) is 9.59 Å². The predicted octanol–water partition coefficient (Wildman–Crippen LogP) is 3.53. The molecule has 1 atom stereocenters. The van der Waals surface area contributed by atoms with Crippen molar-refractivity contribution < 1.29 is 9.59 Å². The van der Waals surface area contributed by atoms with Gasteiger partial charge in [-0.05, 0) is 25.7 Å². The third kappa shape index (κ3) is 6.55. The van der Waals surface area contributed by atoms with Gasteiger partial charge in [-0.25, -0.2) is 0 Å². The zero-order valence-corrected chi connectivity index (χ0v) is 12.2. The van der Waals surface area contributed by atoms with Crippen molar-refractivity contribution in [1.29, 1.82) is 0 Å². The maximum absolute atomic E-state index is 11.7. The quantitative estimate of drug-likeness (QED) is 0.394. The minimum absolute atomic E-state index is 0.0392. The molecule has 0 aliphatic heterocycles. The van der Waals surface area contributed by atoms with Crippen LogP contribution in [0.3, 0.4) is 0 Å². The Morgan fingerprint density at radius 2 is 2.00 bits per heavy atom. The lowest BCUT2D eigenvalue weighted by Crippen LogP contribution is -2.34. The van der Waals surface area contributed by atoms with Gasteiger partial charge in [0.25, 0.3) is 0 Å². The Bertz CT molecular complexity index is 323. The van der Waals surface area contributed by atoms with Crippen molar-refractivity contribution in [3.63, 3.8) is 0 Å². The minimum atomic E-state index is -0.133. The molecule has 19 heavy (non-hydrogen) atoms. The molecule has 1 rings (SSSR count). The smallest absolute Gasteiger partial charge is 0.227 e. The van der Waals surface area contributed by atoms with Gasteiger partial charge in [-0.2, -0.15) is 0 Å². The van der Waals surface area contributed by atoms with Gasteiger partial charge in [0.15, 0.2) is 0 Å². The number of hydrogen-bond donors (Lipinski definition) is 1. The maximum atomic E-state index is 11.7. The number of carbonyl (C=O) groups is 2. The normalized spacial score (nSPS) is 18.6. The number of nitrogens with one attached hydrogen (secondary N) is 1. The molecule has 0 aromatic heterocycles. The molecule has 1 fully saturated rings. The molecule has 1 unspecified atom stereocenters. The Balaban J connectivity index is 2.10. The topological polar surface area (TPSA) is 46.2 Å². The largest absolute Gasteiger partial charge is 0.349 e. The van der Waals surface area contributed by atoms with Gasteiger partial charge in [-0.1, -0.05) is 44.8 Å². The lowest BCUT2D eigenvalue weighted by molar-refractivity contribution is -0.128. The fourth-order valence-corrected chi connectivity index (χ4v) is 2.52. The summed E-state index contributed by atoms with van der Waals surface area (Å²) in [7, 11) is 0. The summed E-state index contributed by atoms with van der Waals surface area (Å²) in [4.78, 5) is 23.4. The highest BCUT2D eigenvalue weighted by Crippen LogP contribution is 2.22. The number of ketones is 1. The van der Waals surface area contributed by atoms with E-state index in [1.165, 1.54) is 19.3 Å². The van der Waals surface area contributed by atoms with Gasteiger partial charge in [0.2, 0.25) is 5.91 Å². The van der Waals surface area contributed by atoms with Crippen molar-refractivity contribution in [2.24, 2.45) is 0 Å². The molecule has 1 aliphatic rings. The number of Topliss-reactive ketones (excluding diaryl/α,β-unsaturated/α-hetero) is 1. The first kappa shape index (κ1) is 15.9. The van der Waals surface area contributed by atoms with Crippen LogP contribution in [0.5, 0.6) is 0 Å². The third-order valence-corrected chi connectivity index (χ3v) is 3.74. The van der Waals surface area contributed by atoms with Crippen molar-refractivity contribution in [1.82, 2.24) is 5.32 Å². The monoisotopic (exact) mass is 265 g/mol. The second kappa shape index (κ2) is 8.89. The Morgan fingerprint density at radius 3 is 2.63 bits per heavy atom. The first-order valence-electron chi connectivity index (χ1n) is 7.62. The van der Waals surface area contributed by atoms with Crippen LogP contribution in [0.25, 0.3) is 0 Å². The second-order valence-corrected chi connectivity index (χ2v) is 5.55. The molecule has 1 amide bonds. The van der Waals surface area contributed by atoms with Gasteiger partial charge in [0, 0.05) is 12.5 Å². The van der Waals surface area contributed by atoms with Crippen molar-refractivity contribution in [2.75, 3.05) is 0 Å². The fourth-order valence-electron chi connectivity index (χ4n) is 2.52. The average Bonchev–Trinajstić information content (AvgIpc) is 2.74. The van der Waals surface area contributed by atoms with Crippen LogP contribution in [-0.4, -0.2) is 17.7 Å². The standard InChI is InChI=1S/C16H27NO2/c1-3-4-5-6-7-10-14(18)12-16(19)17-15-11-8-9-13(15)2/h15H,2-12H2,1H3,(H,17,19). The first-order chi connectivity index (χ1) is 9.13. The van der Waals surface area contributed by atoms with Crippen LogP contribution < -0.4 is 5.32 Å². The third-order valence-electron chi connectivity index (χ3n) is 3.74. The lowest BCUT2D eigenvalue weighted by Gasteiger charge is -2.13. The van der Waals surface area contributed by atoms with Gasteiger partial charge in [-0.3, -0.25) is 9.59 Å². The van der Waals surface area contributed by atoms with Gasteiger partial charge >= 0.3 is 0 Å². The minimum Gasteiger partial charge on any atom is -0.349 e. The van der Waals surface area contributed by atoms with E-state index in [1.807, 2.05) is 0 Å². The van der Waals surface area contributed by atoms with Crippen LogP contribution in [-0.2, 0) is 9.59 Å². The van der Waals surface area contributed by atoms with Gasteiger partial charge in [0.1, 0.15) is 5.78 Å². The van der Waals surface area contributed by atoms with Crippen LogP contribution in [0.4, 0.5) is 0 Å². The highest BCUT2D eigenvalue weighted by atomic mass is 16.2. The van der Waals surface area contributed by atoms with Crippen LogP contribution in [0, 0.1) is 0 Å². The Labute approximate surface area is 116 Å². The SMILES string of the molecule is C=C1CCCC1NC(=O)CC(=O)CCCCCCC. The van der Waals surface area contributed by atoms with E-state index in [0.29, 0.717) is 6.42 Å². The van der Waals surface area contributed by atoms with Crippen molar-refractivity contribution in [3.8, 4) is 0 Å². The second-order valence-electron chi connectivity index (χ2n) is 5.55. The van der Waals surface area contributed by atoms with Crippen LogP contribution >= 0.6 is 0 Å². The molecule has 0 aromatic rings. The summed E-state index contributed by atoms with van der Waals surface area (Å²) < 4.78 is 0. The van der Waals surface area contributed by atoms with E-state index in [4.69, 9.17) is 0 Å². The molecule has 3 heteroatoms. The Kier molecular flexibility index (Phi) is 7.46. The summed E-state index contributed by atoms with van der Waals surface area (Å²) in [5, 5.41) is 2.91. The van der Waals surface area contributed by atoms with Crippen LogP contribution in [0.15, 0.2) is 12.2 Å². The maximum Gasteiger partial charge on any atom is 0.227 e. The summed E-state index contributed by atoms with van der Waals surface area (Å²) in [6, 6.07) is 0.102. The van der Waals surface area contributed by atoms with Crippen LogP contribution in [0.1, 0.15) is 71.1 Å². The van der Waals surface area contributed by atoms with Crippen molar-refractivity contribution in [3.05, 3.63) is 12.2 Å². The molecule has 3 nitrogen and oxygen atoms in total. The number of hydrogen-bond acceptors (Lipinski definition) is 2. The zero-order chi connectivity index (χ0) is 14.1. The van der Waals surface area contributed by atoms with Gasteiger partial charge in [0.05, 0.1) is 6.42 Å². The van der Waals surface area contributed by atoms with Gasteiger partial charge < -0.3 is 5.32 Å². The molecule has 1 saturated carbocycles. The molecule has 108 valence electrons. The lowest BCUT2D eigenvalue weighted by atomic mass is 10.1. The molecule has 0 bridgehead atoms. The van der Waals surface area contributed by atoms with E-state index >= 15 is 0 Å². The molecule has 0 saturated heterocycles. The summed E-state index contributed by atoms with van der Waals surface area (Å²) in [6.45, 7) is 6.12. The highest BCUT2D eigenvalue weighted by molar-refractivity contribution is 5.98. The molecular formula is C16H27NO2. The molecule has 1 aliphatic carbocycles. The predicted molar refractivity (Wildman–Crippen MR) is 77.9 cm³/mol. The average molecular weight is 265 g/mol. The van der Waals surface area contributed by atoms with Crippen molar-refractivity contribution in [2.45, 2.75) is 77.2 Å². The Hall–Kier alpha value is -1.12. The van der Waals surface area contributed by atoms with Gasteiger partial charge in [-0.15, -0.1) is 0 Å². The zero-order valence-electron chi connectivity index (χ0n) is 12.2. The summed E-state index contributed by atoms with van der Waals surface area (Å²) in [6.07, 6.45) is 9.29. The van der Waals surface area contributed by atoms with E-state index in [2.05, 4.69) is 18.8 Å². The van der Waals surface area contributed by atoms with Crippen LogP contribution in [0.2, 0.25) is 0 Å². The molecular weight excluding hydrogens is 238 g/mol. The number of rotatable bonds is 9. The van der Waals surface area contributed by atoms with Crippen molar-refractivity contribution >= 4 is 11.7 Å². The molecule has 0 spiro atoms.